The number of hydrogen-bond acceptors (Lipinski definition) is 6. The van der Waals surface area contributed by atoms with Crippen LogP contribution in [0.4, 0.5) is 5.69 Å². The van der Waals surface area contributed by atoms with Gasteiger partial charge in [0.05, 0.1) is 0 Å². The number of anilines is 1. The number of aromatic nitrogens is 2. The molecule has 0 spiro atoms. The Labute approximate surface area is 254 Å². The summed E-state index contributed by atoms with van der Waals surface area (Å²) in [6.45, 7) is 7.14. The fraction of sp³-hybridized carbons (Fsp3) is 0.594. The van der Waals surface area contributed by atoms with Crippen LogP contribution in [0.2, 0.25) is 0 Å². The van der Waals surface area contributed by atoms with Gasteiger partial charge in [0.1, 0.15) is 17.8 Å². The average molecular weight is 594 g/mol. The molecule has 1 aliphatic carbocycles. The Morgan fingerprint density at radius 3 is 2.21 bits per heavy atom. The lowest BCUT2D eigenvalue weighted by Crippen LogP contribution is -2.54. The van der Waals surface area contributed by atoms with Crippen molar-refractivity contribution in [2.24, 2.45) is 5.92 Å². The number of amides is 4. The first-order valence-corrected chi connectivity index (χ1v) is 15.8. The average Bonchev–Trinajstić information content (AvgIpc) is 3.34. The van der Waals surface area contributed by atoms with Gasteiger partial charge in [-0.25, -0.2) is 0 Å². The summed E-state index contributed by atoms with van der Waals surface area (Å²) in [4.78, 5) is 56.4. The summed E-state index contributed by atoms with van der Waals surface area (Å²) in [5.41, 5.74) is 1.93. The Balaban J connectivity index is 1.44. The maximum atomic E-state index is 13.6. The zero-order valence-corrected chi connectivity index (χ0v) is 25.8. The van der Waals surface area contributed by atoms with Gasteiger partial charge in [0.15, 0.2) is 0 Å². The number of piperazine rings is 1. The lowest BCUT2D eigenvalue weighted by Gasteiger charge is -2.34. The summed E-state index contributed by atoms with van der Waals surface area (Å²) < 4.78 is 1.63. The molecule has 4 rings (SSSR count). The molecular formula is C32H47N7O4. The molecule has 0 radical (unpaired) electrons. The van der Waals surface area contributed by atoms with Crippen molar-refractivity contribution < 1.29 is 19.2 Å². The van der Waals surface area contributed by atoms with Crippen LogP contribution in [0.15, 0.2) is 36.5 Å². The van der Waals surface area contributed by atoms with Crippen LogP contribution in [-0.2, 0) is 27.3 Å². The third-order valence-corrected chi connectivity index (χ3v) is 8.62. The van der Waals surface area contributed by atoms with E-state index in [9.17, 15) is 19.2 Å². The van der Waals surface area contributed by atoms with Crippen molar-refractivity contribution in [3.05, 3.63) is 47.8 Å². The van der Waals surface area contributed by atoms with Crippen molar-refractivity contribution in [3.8, 4) is 0 Å². The molecule has 11 heteroatoms. The lowest BCUT2D eigenvalue weighted by molar-refractivity contribution is -0.137. The molecule has 1 aromatic heterocycles. The molecule has 0 bridgehead atoms. The molecule has 1 saturated heterocycles. The van der Waals surface area contributed by atoms with Gasteiger partial charge in [0, 0.05) is 57.4 Å². The van der Waals surface area contributed by atoms with Crippen LogP contribution >= 0.6 is 0 Å². The van der Waals surface area contributed by atoms with Crippen LogP contribution in [0.25, 0.3) is 0 Å². The van der Waals surface area contributed by atoms with Crippen molar-refractivity contribution in [3.63, 3.8) is 0 Å². The molecule has 2 heterocycles. The van der Waals surface area contributed by atoms with Gasteiger partial charge in [-0.3, -0.25) is 23.9 Å². The van der Waals surface area contributed by atoms with E-state index in [-0.39, 0.29) is 29.5 Å². The summed E-state index contributed by atoms with van der Waals surface area (Å²) in [6, 6.07) is 7.72. The van der Waals surface area contributed by atoms with E-state index in [0.29, 0.717) is 43.9 Å². The number of nitrogens with one attached hydrogen (secondary N) is 3. The smallest absolute Gasteiger partial charge is 0.270 e. The third kappa shape index (κ3) is 8.89. The Morgan fingerprint density at radius 1 is 0.907 bits per heavy atom. The molecule has 3 N–H and O–H groups in total. The largest absolute Gasteiger partial charge is 0.344 e. The van der Waals surface area contributed by atoms with Crippen molar-refractivity contribution in [1.29, 1.82) is 0 Å². The molecule has 11 nitrogen and oxygen atoms in total. The highest BCUT2D eigenvalue weighted by atomic mass is 16.2. The fourth-order valence-corrected chi connectivity index (χ4v) is 5.96. The summed E-state index contributed by atoms with van der Waals surface area (Å²) in [6.07, 6.45) is 8.38. The molecule has 4 amide bonds. The van der Waals surface area contributed by atoms with Crippen molar-refractivity contribution in [2.45, 2.75) is 83.8 Å². The lowest BCUT2D eigenvalue weighted by atomic mass is 9.91. The third-order valence-electron chi connectivity index (χ3n) is 8.62. The first-order valence-electron chi connectivity index (χ1n) is 15.8. The van der Waals surface area contributed by atoms with Gasteiger partial charge >= 0.3 is 0 Å². The number of benzene rings is 1. The van der Waals surface area contributed by atoms with Gasteiger partial charge in [-0.2, -0.15) is 5.10 Å². The van der Waals surface area contributed by atoms with Gasteiger partial charge in [-0.05, 0) is 56.5 Å². The number of likely N-dealkylation sites (N-methyl/N-ethyl adjacent to an activating group) is 1. The minimum Gasteiger partial charge on any atom is -0.344 e. The van der Waals surface area contributed by atoms with Crippen LogP contribution in [0.3, 0.4) is 0 Å². The number of carbonyl (C=O) groups excluding carboxylic acids is 4. The van der Waals surface area contributed by atoms with Crippen LogP contribution in [-0.4, -0.2) is 88.5 Å². The second-order valence-electron chi connectivity index (χ2n) is 11.7. The first-order chi connectivity index (χ1) is 20.8. The molecule has 234 valence electrons. The summed E-state index contributed by atoms with van der Waals surface area (Å²) in [5.74, 6) is -0.728. The molecule has 43 heavy (non-hydrogen) atoms. The van der Waals surface area contributed by atoms with Gasteiger partial charge in [-0.15, -0.1) is 0 Å². The van der Waals surface area contributed by atoms with Crippen LogP contribution in [0, 0.1) is 5.92 Å². The van der Waals surface area contributed by atoms with Crippen molar-refractivity contribution in [2.75, 3.05) is 38.5 Å². The van der Waals surface area contributed by atoms with E-state index in [1.165, 1.54) is 0 Å². The number of rotatable bonds is 11. The van der Waals surface area contributed by atoms with E-state index in [0.717, 1.165) is 57.2 Å². The standard InChI is InChI=1S/C32H47N7O4/c1-4-28(40)35-26(32(43)38-20-18-37(3)19-21-38)22-23-12-14-25(15-13-23)34-31(42)29(24-10-8-6-7-9-11-24)36-30(41)27-16-17-33-39(27)5-2/h12-17,24,26,29H,4-11,18-22H2,1-3H3,(H,34,42)(H,35,40)(H,36,41)/t26-,29+/m1/s1. The van der Waals surface area contributed by atoms with Crippen LogP contribution in [0.5, 0.6) is 0 Å². The van der Waals surface area contributed by atoms with Gasteiger partial charge in [-0.1, -0.05) is 44.7 Å². The highest BCUT2D eigenvalue weighted by molar-refractivity contribution is 6.00. The predicted octanol–water partition coefficient (Wildman–Crippen LogP) is 2.82. The number of aryl methyl sites for hydroxylation is 1. The summed E-state index contributed by atoms with van der Waals surface area (Å²) >= 11 is 0. The van der Waals surface area contributed by atoms with E-state index in [4.69, 9.17) is 0 Å². The number of hydrogen-bond donors (Lipinski definition) is 3. The highest BCUT2D eigenvalue weighted by Gasteiger charge is 2.32. The van der Waals surface area contributed by atoms with Crippen molar-refractivity contribution in [1.82, 2.24) is 30.2 Å². The monoisotopic (exact) mass is 593 g/mol. The SMILES string of the molecule is CCC(=O)N[C@H](Cc1ccc(NC(=O)[C@@H](NC(=O)c2ccnn2CC)C2CCCCCC2)cc1)C(=O)N1CCN(C)CC1. The first kappa shape index (κ1) is 32.2. The normalized spacial score (nSPS) is 17.9. The molecule has 2 aromatic rings. The van der Waals surface area contributed by atoms with Crippen molar-refractivity contribution >= 4 is 29.3 Å². The fourth-order valence-electron chi connectivity index (χ4n) is 5.96. The van der Waals surface area contributed by atoms with E-state index in [2.05, 4.69) is 25.9 Å². The number of carbonyl (C=O) groups is 4. The maximum absolute atomic E-state index is 13.6. The molecular weight excluding hydrogens is 546 g/mol. The molecule has 1 aliphatic heterocycles. The van der Waals surface area contributed by atoms with E-state index in [1.54, 1.807) is 23.9 Å². The second kappa shape index (κ2) is 15.7. The maximum Gasteiger partial charge on any atom is 0.270 e. The number of nitrogens with zero attached hydrogens (tertiary/aromatic N) is 4. The molecule has 2 aliphatic rings. The van der Waals surface area contributed by atoms with Crippen LogP contribution in [0.1, 0.15) is 74.8 Å². The van der Waals surface area contributed by atoms with E-state index < -0.39 is 12.1 Å². The van der Waals surface area contributed by atoms with Gasteiger partial charge in [0.2, 0.25) is 17.7 Å². The second-order valence-corrected chi connectivity index (χ2v) is 11.7. The van der Waals surface area contributed by atoms with Gasteiger partial charge in [0.25, 0.3) is 5.91 Å². The Morgan fingerprint density at radius 2 is 1.58 bits per heavy atom. The Kier molecular flexibility index (Phi) is 11.7. The molecule has 1 aromatic carbocycles. The Bertz CT molecular complexity index is 1230. The zero-order chi connectivity index (χ0) is 30.8. The zero-order valence-electron chi connectivity index (χ0n) is 25.8. The predicted molar refractivity (Wildman–Crippen MR) is 165 cm³/mol. The molecule has 0 unspecified atom stereocenters. The highest BCUT2D eigenvalue weighted by Crippen LogP contribution is 2.27. The molecule has 2 fully saturated rings. The minimum absolute atomic E-state index is 0.0484. The summed E-state index contributed by atoms with van der Waals surface area (Å²) in [7, 11) is 2.03. The Hall–Kier alpha value is -3.73. The molecule has 1 saturated carbocycles. The van der Waals surface area contributed by atoms with E-state index >= 15 is 0 Å². The van der Waals surface area contributed by atoms with Crippen LogP contribution < -0.4 is 16.0 Å². The van der Waals surface area contributed by atoms with Gasteiger partial charge < -0.3 is 25.8 Å². The molecule has 2 atom stereocenters. The summed E-state index contributed by atoms with van der Waals surface area (Å²) in [5, 5.41) is 13.1. The quantitative estimate of drug-likeness (QED) is 0.344. The minimum atomic E-state index is -0.666. The van der Waals surface area contributed by atoms with E-state index in [1.807, 2.05) is 43.1 Å². The topological polar surface area (TPSA) is 129 Å².